The molecule has 1 aromatic carbocycles. The van der Waals surface area contributed by atoms with Crippen molar-refractivity contribution in [3.63, 3.8) is 0 Å². The van der Waals surface area contributed by atoms with E-state index in [4.69, 9.17) is 42.9 Å². The Morgan fingerprint density at radius 1 is 0.505 bits per heavy atom. The lowest BCUT2D eigenvalue weighted by atomic mass is 10.00. The zero-order valence-corrected chi connectivity index (χ0v) is 58.5. The first-order valence-electron chi connectivity index (χ1n) is 34.5. The van der Waals surface area contributed by atoms with Crippen LogP contribution in [0.3, 0.4) is 0 Å². The number of carbonyl (C=O) groups is 12. The van der Waals surface area contributed by atoms with Crippen molar-refractivity contribution in [1.82, 2.24) is 63.8 Å². The monoisotopic (exact) mass is 1410 g/mol. The molecule has 562 valence electrons. The van der Waals surface area contributed by atoms with Crippen LogP contribution in [0.4, 0.5) is 0 Å². The van der Waals surface area contributed by atoms with Gasteiger partial charge in [-0.1, -0.05) is 83.7 Å². The SMILES string of the molecule is CCCCCC[C@H](NC(=O)CCOCCOCCOCCC)C(=O)N[C@@H](CCN)C(=O)N[C@H](C(=O)N[C@@H](CCN)C(=O)N[C@H]1CCNC(=O)[C@H]([C@@H](C)O)NC(=O)[C@H](CCN)NC(=O)[C@H](CCN)NC(=O)[C@H](CC(C)C)NC(=O)[C@@H](Cc2ccccc2)NC(=O)[C@H](CCN)NC1=O)[C@@H](C)O. The number of nitrogens with one attached hydrogen (secondary N) is 12. The zero-order chi connectivity index (χ0) is 73.8. The predicted octanol–water partition coefficient (Wildman–Crippen LogP) is -5.55. The lowest BCUT2D eigenvalue weighted by Crippen LogP contribution is -2.62. The van der Waals surface area contributed by atoms with E-state index in [-0.39, 0.29) is 116 Å². The molecule has 1 aliphatic rings. The summed E-state index contributed by atoms with van der Waals surface area (Å²) in [5.41, 5.74) is 30.2. The number of aliphatic hydroxyl groups excluding tert-OH is 2. The number of amides is 12. The average Bonchev–Trinajstić information content (AvgIpc) is 1.11. The van der Waals surface area contributed by atoms with E-state index >= 15 is 0 Å². The molecule has 0 spiro atoms. The third kappa shape index (κ3) is 34.4. The molecular weight excluding hydrogens is 1290 g/mol. The molecule has 0 bridgehead atoms. The van der Waals surface area contributed by atoms with Crippen molar-refractivity contribution in [2.45, 2.75) is 217 Å². The Kier molecular flexibility index (Phi) is 44.1. The van der Waals surface area contributed by atoms with Crippen LogP contribution in [-0.2, 0) is 78.2 Å². The maximum Gasteiger partial charge on any atom is 0.245 e. The average molecular weight is 1410 g/mol. The Balaban J connectivity index is 2.60. The standard InChI is InChI=1S/C65H115N17O17/c1-7-9-10-14-17-43(72-52(85)24-32-98-34-36-99-35-33-97-31-8-2)55(86)74-48(22-29-70)61(92)82-54(41(6)84)65(96)78-46(20-27-68)57(88)77-49-23-30-71-64(95)53(40(5)83)81-60(91)47(21-28-69)75-56(87)44(18-25-66)76-62(93)50(37-39(3)4)79-63(94)51(38-42-15-12-11-13-16-42)80-58(89)45(19-26-67)73-59(49)90/h11-13,15-16,39-41,43-51,53-54,83-84H,7-10,14,17-38,66-70H2,1-6H3,(H,71,95)(H,72,85)(H,73,90)(H,74,86)(H,75,87)(H,76,93)(H,77,88)(H,78,96)(H,79,94)(H,80,89)(H,81,91)(H,82,92)/t40-,41-,43+,44+,45+,46+,47+,48+,49+,50+,51-,53+,54+/m1/s1. The van der Waals surface area contributed by atoms with E-state index in [9.17, 15) is 67.7 Å². The molecule has 1 aromatic rings. The molecular formula is C65H115N17O17. The summed E-state index contributed by atoms with van der Waals surface area (Å²) in [4.78, 5) is 170. The topological polar surface area (TPSA) is 547 Å². The number of aliphatic hydroxyl groups is 2. The van der Waals surface area contributed by atoms with E-state index in [1.807, 2.05) is 13.8 Å². The van der Waals surface area contributed by atoms with Gasteiger partial charge in [-0.3, -0.25) is 57.5 Å². The van der Waals surface area contributed by atoms with Crippen LogP contribution in [-0.4, -0.2) is 239 Å². The maximum atomic E-state index is 14.7. The molecule has 0 aromatic heterocycles. The fourth-order valence-corrected chi connectivity index (χ4v) is 10.3. The number of nitrogens with two attached hydrogens (primary N) is 5. The maximum absolute atomic E-state index is 14.7. The number of hydrogen-bond donors (Lipinski definition) is 19. The zero-order valence-electron chi connectivity index (χ0n) is 58.5. The smallest absolute Gasteiger partial charge is 0.245 e. The summed E-state index contributed by atoms with van der Waals surface area (Å²) in [7, 11) is 0. The molecule has 2 rings (SSSR count). The summed E-state index contributed by atoms with van der Waals surface area (Å²) >= 11 is 0. The van der Waals surface area contributed by atoms with Gasteiger partial charge in [0.25, 0.3) is 0 Å². The molecule has 34 heteroatoms. The van der Waals surface area contributed by atoms with Crippen LogP contribution in [0, 0.1) is 5.92 Å². The van der Waals surface area contributed by atoms with Crippen molar-refractivity contribution in [3.8, 4) is 0 Å². The number of ether oxygens (including phenoxy) is 3. The van der Waals surface area contributed by atoms with Crippen LogP contribution in [0.15, 0.2) is 30.3 Å². The molecule has 0 unspecified atom stereocenters. The molecule has 0 aliphatic carbocycles. The third-order valence-corrected chi connectivity index (χ3v) is 15.8. The molecule has 0 saturated carbocycles. The second kappa shape index (κ2) is 49.9. The molecule has 99 heavy (non-hydrogen) atoms. The van der Waals surface area contributed by atoms with Gasteiger partial charge in [-0.25, -0.2) is 0 Å². The van der Waals surface area contributed by atoms with Crippen LogP contribution >= 0.6 is 0 Å². The largest absolute Gasteiger partial charge is 0.391 e. The molecule has 12 amide bonds. The van der Waals surface area contributed by atoms with E-state index < -0.39 is 163 Å². The van der Waals surface area contributed by atoms with E-state index in [2.05, 4.69) is 63.8 Å². The number of rotatable bonds is 41. The predicted molar refractivity (Wildman–Crippen MR) is 366 cm³/mol. The van der Waals surface area contributed by atoms with Gasteiger partial charge < -0.3 is 117 Å². The van der Waals surface area contributed by atoms with Gasteiger partial charge in [-0.05, 0) is 116 Å². The van der Waals surface area contributed by atoms with E-state index in [0.717, 1.165) is 25.7 Å². The Morgan fingerprint density at radius 2 is 0.980 bits per heavy atom. The number of hydrogen-bond acceptors (Lipinski definition) is 22. The minimum absolute atomic E-state index is 0.0291. The summed E-state index contributed by atoms with van der Waals surface area (Å²) in [6.45, 7) is 10.5. The number of unbranched alkanes of at least 4 members (excludes halogenated alkanes) is 3. The first-order valence-corrected chi connectivity index (χ1v) is 34.5. The fourth-order valence-electron chi connectivity index (χ4n) is 10.3. The highest BCUT2D eigenvalue weighted by atomic mass is 16.5. The van der Waals surface area contributed by atoms with Gasteiger partial charge in [-0.15, -0.1) is 0 Å². The third-order valence-electron chi connectivity index (χ3n) is 15.8. The number of carbonyl (C=O) groups excluding carboxylic acids is 12. The van der Waals surface area contributed by atoms with Gasteiger partial charge >= 0.3 is 0 Å². The fraction of sp³-hybridized carbons (Fsp3) is 0.723. The first-order chi connectivity index (χ1) is 47.3. The van der Waals surface area contributed by atoms with Gasteiger partial charge in [-0.2, -0.15) is 0 Å². The quantitative estimate of drug-likeness (QED) is 0.0272. The van der Waals surface area contributed by atoms with Gasteiger partial charge in [0.05, 0.1) is 45.2 Å². The van der Waals surface area contributed by atoms with Crippen molar-refractivity contribution in [3.05, 3.63) is 35.9 Å². The second-order valence-electron chi connectivity index (χ2n) is 24.8. The molecule has 1 saturated heterocycles. The summed E-state index contributed by atoms with van der Waals surface area (Å²) in [6.07, 6.45) is -0.880. The molecule has 13 atom stereocenters. The van der Waals surface area contributed by atoms with Crippen LogP contribution in [0.2, 0.25) is 0 Å². The Morgan fingerprint density at radius 3 is 1.51 bits per heavy atom. The van der Waals surface area contributed by atoms with E-state index in [1.165, 1.54) is 13.8 Å². The Bertz CT molecular complexity index is 2650. The van der Waals surface area contributed by atoms with Crippen LogP contribution in [0.5, 0.6) is 0 Å². The summed E-state index contributed by atoms with van der Waals surface area (Å²) in [6, 6.07) is -7.96. The minimum atomic E-state index is -1.81. The van der Waals surface area contributed by atoms with Crippen LogP contribution in [0.25, 0.3) is 0 Å². The first kappa shape index (κ1) is 87.5. The molecule has 1 fully saturated rings. The number of benzene rings is 1. The van der Waals surface area contributed by atoms with Gasteiger partial charge in [0.1, 0.15) is 66.5 Å². The van der Waals surface area contributed by atoms with Crippen LogP contribution < -0.4 is 92.5 Å². The molecule has 0 radical (unpaired) electrons. The lowest BCUT2D eigenvalue weighted by Gasteiger charge is -2.29. The highest BCUT2D eigenvalue weighted by Gasteiger charge is 2.38. The lowest BCUT2D eigenvalue weighted by molar-refractivity contribution is -0.137. The summed E-state index contributed by atoms with van der Waals surface area (Å²) in [5, 5.41) is 52.7. The normalized spacial score (nSPS) is 21.3. The Hall–Kier alpha value is -7.54. The molecule has 34 nitrogen and oxygen atoms in total. The van der Waals surface area contributed by atoms with Gasteiger partial charge in [0.15, 0.2) is 0 Å². The highest BCUT2D eigenvalue weighted by molar-refractivity contribution is 5.99. The van der Waals surface area contributed by atoms with Crippen LogP contribution in [0.1, 0.15) is 137 Å². The van der Waals surface area contributed by atoms with Crippen molar-refractivity contribution < 1.29 is 82.0 Å². The summed E-state index contributed by atoms with van der Waals surface area (Å²) in [5.74, 6) is -11.1. The van der Waals surface area contributed by atoms with Crippen molar-refractivity contribution in [2.75, 3.05) is 78.9 Å². The second-order valence-corrected chi connectivity index (χ2v) is 24.8. The van der Waals surface area contributed by atoms with Gasteiger partial charge in [0, 0.05) is 26.0 Å². The molecule has 1 aliphatic heterocycles. The van der Waals surface area contributed by atoms with Crippen molar-refractivity contribution in [2.24, 2.45) is 34.6 Å². The highest BCUT2D eigenvalue weighted by Crippen LogP contribution is 2.13. The molecule has 1 heterocycles. The van der Waals surface area contributed by atoms with E-state index in [1.54, 1.807) is 44.2 Å². The van der Waals surface area contributed by atoms with Crippen molar-refractivity contribution >= 4 is 70.9 Å². The Labute approximate surface area is 580 Å². The summed E-state index contributed by atoms with van der Waals surface area (Å²) < 4.78 is 16.4. The van der Waals surface area contributed by atoms with Gasteiger partial charge in [0.2, 0.25) is 70.9 Å². The minimum Gasteiger partial charge on any atom is -0.391 e. The van der Waals surface area contributed by atoms with Crippen molar-refractivity contribution in [1.29, 1.82) is 0 Å². The van der Waals surface area contributed by atoms with E-state index in [0.29, 0.717) is 31.8 Å². The molecule has 24 N–H and O–H groups in total.